The van der Waals surface area contributed by atoms with Gasteiger partial charge in [-0.15, -0.1) is 0 Å². The molecule has 3 aromatic rings. The quantitative estimate of drug-likeness (QED) is 0.623. The molecule has 0 unspecified atom stereocenters. The lowest BCUT2D eigenvalue weighted by Gasteiger charge is -2.43. The number of hydrogen-bond donors (Lipinski definition) is 0. The van der Waals surface area contributed by atoms with Crippen molar-refractivity contribution in [2.75, 3.05) is 42.5 Å². The van der Waals surface area contributed by atoms with E-state index in [1.54, 1.807) is 11.3 Å². The molecule has 0 bridgehead atoms. The highest BCUT2D eigenvalue weighted by molar-refractivity contribution is 7.21. The van der Waals surface area contributed by atoms with Crippen LogP contribution in [0, 0.1) is 12.8 Å². The SMILES string of the molecule is Cc1cccc(N2CCN(C(=O)C3CCN(c4nc5cccnc5s4)CC3)C[C@@H]2C)c1. The van der Waals surface area contributed by atoms with Gasteiger partial charge in [0.25, 0.3) is 0 Å². The zero-order valence-corrected chi connectivity index (χ0v) is 19.0. The Morgan fingerprint density at radius 1 is 1.10 bits per heavy atom. The van der Waals surface area contributed by atoms with Gasteiger partial charge in [-0.2, -0.15) is 0 Å². The van der Waals surface area contributed by atoms with Crippen LogP contribution in [-0.2, 0) is 4.79 Å². The number of rotatable bonds is 3. The largest absolute Gasteiger partial charge is 0.365 e. The van der Waals surface area contributed by atoms with Crippen LogP contribution in [0.1, 0.15) is 25.3 Å². The van der Waals surface area contributed by atoms with Crippen molar-refractivity contribution in [2.24, 2.45) is 5.92 Å². The van der Waals surface area contributed by atoms with E-state index >= 15 is 0 Å². The van der Waals surface area contributed by atoms with Crippen LogP contribution in [0.3, 0.4) is 0 Å². The Bertz CT molecular complexity index is 1040. The van der Waals surface area contributed by atoms with Crippen molar-refractivity contribution in [1.29, 1.82) is 0 Å². The Labute approximate surface area is 187 Å². The Balaban J connectivity index is 1.18. The number of aromatic nitrogens is 2. The predicted octanol–water partition coefficient (Wildman–Crippen LogP) is 3.95. The fourth-order valence-electron chi connectivity index (χ4n) is 4.82. The minimum atomic E-state index is 0.126. The molecule has 2 fully saturated rings. The number of carbonyl (C=O) groups is 1. The molecule has 2 aromatic heterocycles. The van der Waals surface area contributed by atoms with Gasteiger partial charge in [0.1, 0.15) is 10.3 Å². The summed E-state index contributed by atoms with van der Waals surface area (Å²) in [4.78, 5) is 30.2. The lowest BCUT2D eigenvalue weighted by molar-refractivity contribution is -0.137. The van der Waals surface area contributed by atoms with E-state index in [0.717, 1.165) is 61.0 Å². The van der Waals surface area contributed by atoms with E-state index < -0.39 is 0 Å². The molecule has 1 atom stereocenters. The number of benzene rings is 1. The van der Waals surface area contributed by atoms with Crippen LogP contribution in [0.25, 0.3) is 10.3 Å². The minimum absolute atomic E-state index is 0.126. The molecule has 0 saturated carbocycles. The summed E-state index contributed by atoms with van der Waals surface area (Å²) >= 11 is 1.64. The highest BCUT2D eigenvalue weighted by Crippen LogP contribution is 2.31. The maximum atomic E-state index is 13.2. The second kappa shape index (κ2) is 8.46. The zero-order chi connectivity index (χ0) is 21.4. The zero-order valence-electron chi connectivity index (χ0n) is 18.2. The molecule has 2 saturated heterocycles. The average molecular weight is 436 g/mol. The standard InChI is InChI=1S/C24H29N5OS/c1-17-5-3-6-20(15-17)29-14-13-28(16-18(29)2)23(30)19-8-11-27(12-9-19)24-26-21-7-4-10-25-22(21)31-24/h3-7,10,15,18-19H,8-9,11-14,16H2,1-2H3/t18-/m0/s1. The van der Waals surface area contributed by atoms with E-state index in [0.29, 0.717) is 11.9 Å². The number of anilines is 2. The Kier molecular flexibility index (Phi) is 5.52. The monoisotopic (exact) mass is 435 g/mol. The van der Waals surface area contributed by atoms with Crippen molar-refractivity contribution in [2.45, 2.75) is 32.7 Å². The number of aryl methyl sites for hydroxylation is 1. The first-order valence-electron chi connectivity index (χ1n) is 11.2. The first kappa shape index (κ1) is 20.2. The smallest absolute Gasteiger partial charge is 0.225 e. The second-order valence-corrected chi connectivity index (χ2v) is 9.71. The van der Waals surface area contributed by atoms with Crippen molar-refractivity contribution in [1.82, 2.24) is 14.9 Å². The van der Waals surface area contributed by atoms with Gasteiger partial charge in [-0.3, -0.25) is 4.79 Å². The number of carbonyl (C=O) groups excluding carboxylic acids is 1. The number of thiazole rings is 1. The molecule has 2 aliphatic heterocycles. The molecule has 1 aromatic carbocycles. The van der Waals surface area contributed by atoms with Crippen LogP contribution in [0.2, 0.25) is 0 Å². The van der Waals surface area contributed by atoms with Crippen LogP contribution >= 0.6 is 11.3 Å². The van der Waals surface area contributed by atoms with Gasteiger partial charge in [0.15, 0.2) is 5.13 Å². The third-order valence-corrected chi connectivity index (χ3v) is 7.58. The summed E-state index contributed by atoms with van der Waals surface area (Å²) < 4.78 is 0. The van der Waals surface area contributed by atoms with Crippen molar-refractivity contribution in [3.8, 4) is 0 Å². The second-order valence-electron chi connectivity index (χ2n) is 8.75. The number of nitrogens with zero attached hydrogens (tertiary/aromatic N) is 5. The topological polar surface area (TPSA) is 52.6 Å². The number of fused-ring (bicyclic) bond motifs is 1. The van der Waals surface area contributed by atoms with Gasteiger partial charge in [0.05, 0.1) is 0 Å². The summed E-state index contributed by atoms with van der Waals surface area (Å²) in [6.45, 7) is 8.63. The van der Waals surface area contributed by atoms with Gasteiger partial charge in [0, 0.05) is 56.6 Å². The summed E-state index contributed by atoms with van der Waals surface area (Å²) in [6, 6.07) is 12.9. The molecule has 1 amide bonds. The van der Waals surface area contributed by atoms with Gasteiger partial charge in [-0.1, -0.05) is 23.5 Å². The first-order chi connectivity index (χ1) is 15.1. The van der Waals surface area contributed by atoms with Crippen molar-refractivity contribution >= 4 is 38.4 Å². The fourth-order valence-corrected chi connectivity index (χ4v) is 5.78. The molecular formula is C24H29N5OS. The van der Waals surface area contributed by atoms with Gasteiger partial charge >= 0.3 is 0 Å². The summed E-state index contributed by atoms with van der Waals surface area (Å²) in [5.74, 6) is 0.461. The van der Waals surface area contributed by atoms with Crippen molar-refractivity contribution < 1.29 is 4.79 Å². The predicted molar refractivity (Wildman–Crippen MR) is 127 cm³/mol. The van der Waals surface area contributed by atoms with Crippen LogP contribution in [0.4, 0.5) is 10.8 Å². The van der Waals surface area contributed by atoms with Crippen LogP contribution < -0.4 is 9.80 Å². The summed E-state index contributed by atoms with van der Waals surface area (Å²) in [5.41, 5.74) is 3.50. The molecular weight excluding hydrogens is 406 g/mol. The summed E-state index contributed by atoms with van der Waals surface area (Å²) in [7, 11) is 0. The normalized spacial score (nSPS) is 20.5. The maximum absolute atomic E-state index is 13.2. The molecule has 0 spiro atoms. The van der Waals surface area contributed by atoms with E-state index in [1.807, 2.05) is 18.3 Å². The van der Waals surface area contributed by atoms with Crippen molar-refractivity contribution in [3.05, 3.63) is 48.2 Å². The Hall–Kier alpha value is -2.67. The molecule has 0 N–H and O–H groups in total. The number of piperidine rings is 1. The van der Waals surface area contributed by atoms with E-state index in [-0.39, 0.29) is 5.92 Å². The number of pyridine rings is 1. The maximum Gasteiger partial charge on any atom is 0.225 e. The van der Waals surface area contributed by atoms with E-state index in [1.165, 1.54) is 11.3 Å². The Morgan fingerprint density at radius 2 is 1.94 bits per heavy atom. The highest BCUT2D eigenvalue weighted by Gasteiger charge is 2.33. The number of amides is 1. The summed E-state index contributed by atoms with van der Waals surface area (Å²) in [5, 5.41) is 1.03. The molecule has 5 rings (SSSR count). The van der Waals surface area contributed by atoms with Gasteiger partial charge in [0.2, 0.25) is 5.91 Å². The van der Waals surface area contributed by atoms with Gasteiger partial charge < -0.3 is 14.7 Å². The Morgan fingerprint density at radius 3 is 2.68 bits per heavy atom. The number of hydrogen-bond acceptors (Lipinski definition) is 6. The minimum Gasteiger partial charge on any atom is -0.365 e. The van der Waals surface area contributed by atoms with E-state index in [2.05, 4.69) is 57.8 Å². The summed E-state index contributed by atoms with van der Waals surface area (Å²) in [6.07, 6.45) is 3.61. The fraction of sp³-hybridized carbons (Fsp3) is 0.458. The first-order valence-corrected chi connectivity index (χ1v) is 12.0. The van der Waals surface area contributed by atoms with E-state index in [4.69, 9.17) is 4.98 Å². The molecule has 2 aliphatic rings. The molecule has 4 heterocycles. The highest BCUT2D eigenvalue weighted by atomic mass is 32.1. The molecule has 7 heteroatoms. The molecule has 6 nitrogen and oxygen atoms in total. The lowest BCUT2D eigenvalue weighted by Crippen LogP contribution is -2.55. The average Bonchev–Trinajstić information content (AvgIpc) is 3.23. The third-order valence-electron chi connectivity index (χ3n) is 6.54. The lowest BCUT2D eigenvalue weighted by atomic mass is 9.95. The molecule has 0 radical (unpaired) electrons. The van der Waals surface area contributed by atoms with Gasteiger partial charge in [-0.25, -0.2) is 9.97 Å². The van der Waals surface area contributed by atoms with Gasteiger partial charge in [-0.05, 0) is 56.5 Å². The van der Waals surface area contributed by atoms with Crippen LogP contribution in [0.5, 0.6) is 0 Å². The third kappa shape index (κ3) is 4.11. The van der Waals surface area contributed by atoms with Crippen LogP contribution in [0.15, 0.2) is 42.6 Å². The van der Waals surface area contributed by atoms with Crippen LogP contribution in [-0.4, -0.2) is 59.5 Å². The van der Waals surface area contributed by atoms with Crippen molar-refractivity contribution in [3.63, 3.8) is 0 Å². The molecule has 162 valence electrons. The molecule has 0 aliphatic carbocycles. The van der Waals surface area contributed by atoms with E-state index in [9.17, 15) is 4.79 Å². The number of piperazine rings is 1. The molecule has 31 heavy (non-hydrogen) atoms.